The van der Waals surface area contributed by atoms with E-state index in [-0.39, 0.29) is 18.1 Å². The first-order valence-electron chi connectivity index (χ1n) is 7.79. The molecule has 0 aliphatic carbocycles. The van der Waals surface area contributed by atoms with Gasteiger partial charge in [-0.3, -0.25) is 8.95 Å². The highest BCUT2D eigenvalue weighted by Crippen LogP contribution is 2.26. The summed E-state index contributed by atoms with van der Waals surface area (Å²) in [5, 5.41) is 0.309. The molecule has 11 heteroatoms. The number of hydrogen-bond acceptors (Lipinski definition) is 6. The number of ether oxygens (including phenoxy) is 1. The van der Waals surface area contributed by atoms with Crippen LogP contribution in [0.2, 0.25) is 5.15 Å². The molecule has 0 amide bonds. The highest BCUT2D eigenvalue weighted by molar-refractivity contribution is 7.85. The zero-order valence-corrected chi connectivity index (χ0v) is 15.7. The van der Waals surface area contributed by atoms with Gasteiger partial charge in [-0.2, -0.15) is 8.42 Å². The van der Waals surface area contributed by atoms with Gasteiger partial charge in [-0.25, -0.2) is 9.97 Å². The molecule has 138 valence electrons. The number of hydrogen-bond donors (Lipinski definition) is 1. The average Bonchev–Trinajstić information content (AvgIpc) is 2.91. The lowest BCUT2D eigenvalue weighted by atomic mass is 10.2. The minimum absolute atomic E-state index is 0.184. The first-order valence-corrected chi connectivity index (χ1v) is 10.3. The largest absolute Gasteiger partial charge is 0.378 e. The smallest absolute Gasteiger partial charge is 0.264 e. The highest BCUT2D eigenvalue weighted by Gasteiger charge is 2.21. The molecule has 25 heavy (non-hydrogen) atoms. The Kier molecular flexibility index (Phi) is 5.69. The second kappa shape index (κ2) is 7.63. The molecule has 3 rings (SSSR count). The van der Waals surface area contributed by atoms with Gasteiger partial charge in [0.15, 0.2) is 11.5 Å². The van der Waals surface area contributed by atoms with Gasteiger partial charge in [-0.1, -0.05) is 11.6 Å². The van der Waals surface area contributed by atoms with Crippen LogP contribution in [-0.2, 0) is 27.2 Å². The number of aryl methyl sites for hydroxylation is 1. The van der Waals surface area contributed by atoms with E-state index in [1.165, 1.54) is 0 Å². The Morgan fingerprint density at radius 1 is 1.28 bits per heavy atom. The lowest BCUT2D eigenvalue weighted by Crippen LogP contribution is -2.37. The van der Waals surface area contributed by atoms with E-state index in [0.29, 0.717) is 55.0 Å². The topological polar surface area (TPSA) is 97.0 Å². The van der Waals surface area contributed by atoms with Crippen LogP contribution in [0.25, 0.3) is 5.65 Å². The summed E-state index contributed by atoms with van der Waals surface area (Å²) in [6, 6.07) is 0. The first kappa shape index (κ1) is 18.7. The molecule has 1 fully saturated rings. The van der Waals surface area contributed by atoms with E-state index < -0.39 is 10.1 Å². The van der Waals surface area contributed by atoms with Crippen LogP contribution in [0.3, 0.4) is 0 Å². The molecule has 0 unspecified atom stereocenters. The van der Waals surface area contributed by atoms with Crippen molar-refractivity contribution in [2.75, 3.05) is 37.0 Å². The van der Waals surface area contributed by atoms with E-state index in [4.69, 9.17) is 32.5 Å². The van der Waals surface area contributed by atoms with Gasteiger partial charge >= 0.3 is 0 Å². The second-order valence-corrected chi connectivity index (χ2v) is 7.94. The van der Waals surface area contributed by atoms with Crippen molar-refractivity contribution in [3.8, 4) is 0 Å². The molecule has 2 aromatic heterocycles. The van der Waals surface area contributed by atoms with Crippen molar-refractivity contribution in [3.63, 3.8) is 0 Å². The Hall–Kier alpha value is -1.13. The number of halogens is 2. The van der Waals surface area contributed by atoms with Crippen LogP contribution in [0.1, 0.15) is 17.8 Å². The van der Waals surface area contributed by atoms with Crippen LogP contribution in [0.15, 0.2) is 6.20 Å². The minimum atomic E-state index is -4.01. The fraction of sp³-hybridized carbons (Fsp3) is 0.571. The predicted octanol–water partition coefficient (Wildman–Crippen LogP) is 1.78. The zero-order chi connectivity index (χ0) is 18.0. The fourth-order valence-corrected chi connectivity index (χ4v) is 3.78. The van der Waals surface area contributed by atoms with Crippen molar-refractivity contribution in [1.82, 2.24) is 14.4 Å². The van der Waals surface area contributed by atoms with E-state index in [2.05, 4.69) is 14.9 Å². The summed E-state index contributed by atoms with van der Waals surface area (Å²) in [6.07, 6.45) is 2.29. The highest BCUT2D eigenvalue weighted by atomic mass is 35.5. The van der Waals surface area contributed by atoms with Gasteiger partial charge in [-0.05, 0) is 12.8 Å². The number of aromatic nitrogens is 3. The Morgan fingerprint density at radius 3 is 2.64 bits per heavy atom. The van der Waals surface area contributed by atoms with Crippen molar-refractivity contribution >= 4 is 44.8 Å². The predicted molar refractivity (Wildman–Crippen MR) is 95.3 cm³/mol. The molecule has 8 nitrogen and oxygen atoms in total. The number of alkyl halides is 1. The van der Waals surface area contributed by atoms with Crippen LogP contribution < -0.4 is 4.90 Å². The molecule has 1 saturated heterocycles. The van der Waals surface area contributed by atoms with E-state index >= 15 is 0 Å². The molecule has 0 radical (unpaired) electrons. The summed E-state index contributed by atoms with van der Waals surface area (Å²) in [7, 11) is -4.01. The number of imidazole rings is 1. The van der Waals surface area contributed by atoms with Crippen LogP contribution in [0.4, 0.5) is 5.82 Å². The van der Waals surface area contributed by atoms with E-state index in [1.807, 2.05) is 4.40 Å². The average molecular weight is 409 g/mol. The third-order valence-corrected chi connectivity index (χ3v) is 5.23. The molecule has 1 aliphatic rings. The van der Waals surface area contributed by atoms with E-state index in [1.54, 1.807) is 6.20 Å². The monoisotopic (exact) mass is 408 g/mol. The summed E-state index contributed by atoms with van der Waals surface area (Å²) in [5.74, 6) is 0.517. The standard InChI is InChI=1S/C14H18Cl2N4O4S/c15-8-10-11(2-1-7-25(21,22)23)20-9-12(16)18-13(14(20)17-10)19-3-5-24-6-4-19/h9H,1-8H2,(H,21,22,23). The van der Waals surface area contributed by atoms with Crippen molar-refractivity contribution in [2.24, 2.45) is 0 Å². The molecule has 0 aromatic carbocycles. The maximum Gasteiger partial charge on any atom is 0.264 e. The number of anilines is 1. The zero-order valence-electron chi connectivity index (χ0n) is 13.4. The minimum Gasteiger partial charge on any atom is -0.378 e. The Labute approximate surface area is 155 Å². The Bertz CT molecular complexity index is 865. The Morgan fingerprint density at radius 2 is 2.00 bits per heavy atom. The number of nitrogens with zero attached hydrogens (tertiary/aromatic N) is 4. The lowest BCUT2D eigenvalue weighted by molar-refractivity contribution is 0.122. The van der Waals surface area contributed by atoms with Gasteiger partial charge in [0.1, 0.15) is 5.15 Å². The van der Waals surface area contributed by atoms with Gasteiger partial charge in [0.05, 0.1) is 30.5 Å². The van der Waals surface area contributed by atoms with Crippen molar-refractivity contribution in [1.29, 1.82) is 0 Å². The molecule has 2 aromatic rings. The number of rotatable bonds is 6. The SMILES string of the molecule is O=S(=O)(O)CCCc1c(CCl)nc2c(N3CCOCC3)nc(Cl)cn12. The molecule has 3 heterocycles. The van der Waals surface area contributed by atoms with Gasteiger partial charge in [0.2, 0.25) is 0 Å². The quantitative estimate of drug-likeness (QED) is 0.574. The van der Waals surface area contributed by atoms with E-state index in [9.17, 15) is 8.42 Å². The summed E-state index contributed by atoms with van der Waals surface area (Å²) >= 11 is 12.2. The number of morpholine rings is 1. The molecular formula is C14H18Cl2N4O4S. The molecular weight excluding hydrogens is 391 g/mol. The summed E-state index contributed by atoms with van der Waals surface area (Å²) < 4.78 is 38.0. The van der Waals surface area contributed by atoms with Crippen molar-refractivity contribution in [3.05, 3.63) is 22.7 Å². The summed E-state index contributed by atoms with van der Waals surface area (Å²) in [5.41, 5.74) is 2.05. The van der Waals surface area contributed by atoms with Crippen LogP contribution >= 0.6 is 23.2 Å². The summed E-state index contributed by atoms with van der Waals surface area (Å²) in [6.45, 7) is 2.57. The fourth-order valence-electron chi connectivity index (χ4n) is 2.88. The van der Waals surface area contributed by atoms with Gasteiger partial charge < -0.3 is 9.64 Å². The first-order chi connectivity index (χ1) is 11.9. The van der Waals surface area contributed by atoms with Crippen LogP contribution in [-0.4, -0.2) is 59.4 Å². The second-order valence-electron chi connectivity index (χ2n) is 5.71. The van der Waals surface area contributed by atoms with Crippen molar-refractivity contribution in [2.45, 2.75) is 18.7 Å². The van der Waals surface area contributed by atoms with Gasteiger partial charge in [0, 0.05) is 25.0 Å². The normalized spacial score (nSPS) is 15.9. The molecule has 0 saturated carbocycles. The third-order valence-electron chi connectivity index (χ3n) is 3.99. The molecule has 0 bridgehead atoms. The molecule has 0 spiro atoms. The van der Waals surface area contributed by atoms with Crippen LogP contribution in [0, 0.1) is 0 Å². The maximum atomic E-state index is 10.9. The van der Waals surface area contributed by atoms with Crippen molar-refractivity contribution < 1.29 is 17.7 Å². The van der Waals surface area contributed by atoms with E-state index in [0.717, 1.165) is 5.69 Å². The Balaban J connectivity index is 2.00. The molecule has 1 aliphatic heterocycles. The van der Waals surface area contributed by atoms with Gasteiger partial charge in [-0.15, -0.1) is 11.6 Å². The lowest BCUT2D eigenvalue weighted by Gasteiger charge is -2.28. The third kappa shape index (κ3) is 4.35. The maximum absolute atomic E-state index is 10.9. The van der Waals surface area contributed by atoms with Crippen LogP contribution in [0.5, 0.6) is 0 Å². The van der Waals surface area contributed by atoms with Gasteiger partial charge in [0.25, 0.3) is 10.1 Å². The molecule has 1 N–H and O–H groups in total. The summed E-state index contributed by atoms with van der Waals surface area (Å²) in [4.78, 5) is 11.0. The molecule has 0 atom stereocenters. The number of fused-ring (bicyclic) bond motifs is 1.